The zero-order valence-corrected chi connectivity index (χ0v) is 18.4. The van der Waals surface area contributed by atoms with Crippen LogP contribution in [0.25, 0.3) is 6.08 Å². The van der Waals surface area contributed by atoms with Crippen LogP contribution in [0.2, 0.25) is 0 Å². The largest absolute Gasteiger partial charge is 0.497 e. The van der Waals surface area contributed by atoms with Crippen LogP contribution in [0.1, 0.15) is 77.2 Å². The number of allylic oxidation sites excluding steroid dienone is 1. The van der Waals surface area contributed by atoms with Crippen molar-refractivity contribution in [2.24, 2.45) is 34.5 Å². The van der Waals surface area contributed by atoms with Crippen molar-refractivity contribution in [3.8, 4) is 5.75 Å². The van der Waals surface area contributed by atoms with E-state index in [-0.39, 0.29) is 5.41 Å². The molecule has 0 heterocycles. The van der Waals surface area contributed by atoms with Gasteiger partial charge in [-0.25, -0.2) is 0 Å². The van der Waals surface area contributed by atoms with Gasteiger partial charge in [0.2, 0.25) is 0 Å². The minimum atomic E-state index is -0.128. The zero-order chi connectivity index (χ0) is 20.2. The summed E-state index contributed by atoms with van der Waals surface area (Å²) in [5.41, 5.74) is 2.60. The summed E-state index contributed by atoms with van der Waals surface area (Å²) in [6.45, 7) is 4.90. The number of fused-ring (bicyclic) bond motifs is 5. The topological polar surface area (TPSA) is 26.3 Å². The lowest BCUT2D eigenvalue weighted by Crippen LogP contribution is -2.52. The summed E-state index contributed by atoms with van der Waals surface area (Å²) < 4.78 is 5.28. The Morgan fingerprint density at radius 3 is 2.52 bits per heavy atom. The average Bonchev–Trinajstić information content (AvgIpc) is 2.99. The average molecular weight is 393 g/mol. The molecule has 0 spiro atoms. The molecule has 0 N–H and O–H groups in total. The van der Waals surface area contributed by atoms with E-state index in [1.165, 1.54) is 44.9 Å². The molecule has 29 heavy (non-hydrogen) atoms. The van der Waals surface area contributed by atoms with E-state index in [1.54, 1.807) is 7.11 Å². The summed E-state index contributed by atoms with van der Waals surface area (Å²) in [4.78, 5) is 13.5. The van der Waals surface area contributed by atoms with Crippen LogP contribution in [0.3, 0.4) is 0 Å². The summed E-state index contributed by atoms with van der Waals surface area (Å²) in [5.74, 6) is 4.39. The first-order valence-corrected chi connectivity index (χ1v) is 11.8. The molecule has 1 aromatic rings. The lowest BCUT2D eigenvalue weighted by atomic mass is 9.45. The Balaban J connectivity index is 1.43. The third-order valence-electron chi connectivity index (χ3n) is 9.68. The van der Waals surface area contributed by atoms with Gasteiger partial charge in [0, 0.05) is 5.41 Å². The minimum Gasteiger partial charge on any atom is -0.497 e. The zero-order valence-electron chi connectivity index (χ0n) is 18.4. The molecule has 0 saturated heterocycles. The summed E-state index contributed by atoms with van der Waals surface area (Å²) >= 11 is 0. The molecule has 0 aromatic heterocycles. The van der Waals surface area contributed by atoms with Crippen LogP contribution in [0.15, 0.2) is 29.8 Å². The highest BCUT2D eigenvalue weighted by Crippen LogP contribution is 2.66. The Hall–Kier alpha value is -1.57. The van der Waals surface area contributed by atoms with Crippen molar-refractivity contribution < 1.29 is 9.53 Å². The molecular weight excluding hydrogens is 356 g/mol. The first-order chi connectivity index (χ1) is 14.0. The lowest BCUT2D eigenvalue weighted by molar-refractivity contribution is -0.137. The Morgan fingerprint density at radius 2 is 1.76 bits per heavy atom. The molecule has 0 amide bonds. The van der Waals surface area contributed by atoms with E-state index in [0.29, 0.717) is 17.1 Å². The van der Waals surface area contributed by atoms with Gasteiger partial charge < -0.3 is 4.74 Å². The molecule has 4 fully saturated rings. The molecule has 0 radical (unpaired) electrons. The van der Waals surface area contributed by atoms with Crippen LogP contribution in [0.5, 0.6) is 5.75 Å². The van der Waals surface area contributed by atoms with Gasteiger partial charge in [-0.15, -0.1) is 0 Å². The van der Waals surface area contributed by atoms with Crippen LogP contribution >= 0.6 is 0 Å². The van der Waals surface area contributed by atoms with E-state index < -0.39 is 0 Å². The number of hydrogen-bond acceptors (Lipinski definition) is 2. The molecule has 4 aliphatic rings. The fourth-order valence-electron chi connectivity index (χ4n) is 8.00. The summed E-state index contributed by atoms with van der Waals surface area (Å²) in [6.07, 6.45) is 14.0. The summed E-state index contributed by atoms with van der Waals surface area (Å²) in [7, 11) is 1.69. The number of benzene rings is 1. The van der Waals surface area contributed by atoms with Crippen LogP contribution in [0, 0.1) is 34.5 Å². The molecule has 1 aromatic carbocycles. The quantitative estimate of drug-likeness (QED) is 0.524. The normalized spacial score (nSPS) is 42.9. The molecule has 6 atom stereocenters. The predicted molar refractivity (Wildman–Crippen MR) is 118 cm³/mol. The van der Waals surface area contributed by atoms with Gasteiger partial charge in [0.1, 0.15) is 5.75 Å². The fourth-order valence-corrected chi connectivity index (χ4v) is 8.00. The number of hydrogen-bond donors (Lipinski definition) is 0. The van der Waals surface area contributed by atoms with E-state index >= 15 is 0 Å². The van der Waals surface area contributed by atoms with Crippen molar-refractivity contribution in [3.63, 3.8) is 0 Å². The predicted octanol–water partition coefficient (Wildman–Crippen LogP) is 6.69. The molecule has 0 bridgehead atoms. The number of Topliss-reactive ketones (excluding diaryl/α,β-unsaturated/α-hetero) is 1. The van der Waals surface area contributed by atoms with Gasteiger partial charge in [-0.05, 0) is 103 Å². The molecule has 2 nitrogen and oxygen atoms in total. The van der Waals surface area contributed by atoms with Gasteiger partial charge in [0.15, 0.2) is 5.78 Å². The van der Waals surface area contributed by atoms with Crippen LogP contribution in [0.4, 0.5) is 0 Å². The minimum absolute atomic E-state index is 0.128. The first-order valence-electron chi connectivity index (χ1n) is 11.8. The lowest BCUT2D eigenvalue weighted by Gasteiger charge is -2.59. The van der Waals surface area contributed by atoms with Crippen molar-refractivity contribution in [2.45, 2.75) is 71.6 Å². The Kier molecular flexibility index (Phi) is 4.68. The van der Waals surface area contributed by atoms with Crippen molar-refractivity contribution in [1.82, 2.24) is 0 Å². The monoisotopic (exact) mass is 392 g/mol. The number of carbonyl (C=O) groups is 1. The molecule has 2 heteroatoms. The van der Waals surface area contributed by atoms with Gasteiger partial charge in [0.05, 0.1) is 7.11 Å². The van der Waals surface area contributed by atoms with Crippen molar-refractivity contribution >= 4 is 11.9 Å². The standard InChI is InChI=1S/C27H36O2/c1-26-14-5-4-6-20(26)9-12-22-23(26)13-15-27(2)24(22)17-19(25(27)28)16-18-7-10-21(29-3)11-8-18/h7-8,10-11,16,20,22-24H,4-6,9,12-15,17H2,1-3H3. The molecule has 6 unspecified atom stereocenters. The van der Waals surface area contributed by atoms with Crippen molar-refractivity contribution in [2.75, 3.05) is 7.11 Å². The maximum Gasteiger partial charge on any atom is 0.165 e. The number of methoxy groups -OCH3 is 1. The second kappa shape index (κ2) is 7.00. The van der Waals surface area contributed by atoms with Gasteiger partial charge in [0.25, 0.3) is 0 Å². The third-order valence-corrected chi connectivity index (χ3v) is 9.68. The number of ether oxygens (including phenoxy) is 1. The van der Waals surface area contributed by atoms with E-state index in [2.05, 4.69) is 32.1 Å². The van der Waals surface area contributed by atoms with Gasteiger partial charge in [-0.1, -0.05) is 38.8 Å². The maximum absolute atomic E-state index is 13.5. The molecule has 4 saturated carbocycles. The molecule has 156 valence electrons. The third kappa shape index (κ3) is 2.93. The Bertz CT molecular complexity index is 821. The molecule has 5 rings (SSSR count). The highest BCUT2D eigenvalue weighted by molar-refractivity contribution is 6.05. The van der Waals surface area contributed by atoms with E-state index in [4.69, 9.17) is 4.74 Å². The second-order valence-corrected chi connectivity index (χ2v) is 10.8. The highest BCUT2D eigenvalue weighted by atomic mass is 16.5. The van der Waals surface area contributed by atoms with Gasteiger partial charge >= 0.3 is 0 Å². The fraction of sp³-hybridized carbons (Fsp3) is 0.667. The van der Waals surface area contributed by atoms with Crippen LogP contribution in [-0.4, -0.2) is 12.9 Å². The first kappa shape index (κ1) is 19.4. The summed E-state index contributed by atoms with van der Waals surface area (Å²) in [5, 5.41) is 0. The molecule has 0 aliphatic heterocycles. The van der Waals surface area contributed by atoms with Crippen molar-refractivity contribution in [3.05, 3.63) is 35.4 Å². The maximum atomic E-state index is 13.5. The van der Waals surface area contributed by atoms with E-state index in [1.807, 2.05) is 12.1 Å². The number of ketones is 1. The van der Waals surface area contributed by atoms with Crippen LogP contribution in [-0.2, 0) is 4.79 Å². The van der Waals surface area contributed by atoms with E-state index in [9.17, 15) is 4.79 Å². The Morgan fingerprint density at radius 1 is 0.966 bits per heavy atom. The Labute approximate surface area is 176 Å². The number of carbonyl (C=O) groups excluding carboxylic acids is 1. The smallest absolute Gasteiger partial charge is 0.165 e. The molecule has 4 aliphatic carbocycles. The number of rotatable bonds is 2. The summed E-state index contributed by atoms with van der Waals surface area (Å²) in [6, 6.07) is 8.12. The van der Waals surface area contributed by atoms with Crippen LogP contribution < -0.4 is 4.74 Å². The SMILES string of the molecule is COc1ccc(C=C2CC3C4CCC5CCCCC5(C)C4CCC3(C)C2=O)cc1. The second-order valence-electron chi connectivity index (χ2n) is 10.8. The molecular formula is C27H36O2. The van der Waals surface area contributed by atoms with Gasteiger partial charge in [-0.3, -0.25) is 4.79 Å². The van der Waals surface area contributed by atoms with E-state index in [0.717, 1.165) is 47.5 Å². The van der Waals surface area contributed by atoms with Crippen molar-refractivity contribution in [1.29, 1.82) is 0 Å². The van der Waals surface area contributed by atoms with Gasteiger partial charge in [-0.2, -0.15) is 0 Å². The highest BCUT2D eigenvalue weighted by Gasteiger charge is 2.60.